The molecule has 1 atom stereocenters. The SMILES string of the molecule is C=CC(c1ccccc1)N1CCC[Si]1(C)C. The quantitative estimate of drug-likeness (QED) is 0.564. The molecule has 1 nitrogen and oxygen atoms in total. The van der Waals surface area contributed by atoms with Gasteiger partial charge < -0.3 is 4.57 Å². The first-order chi connectivity index (χ1) is 7.65. The molecule has 0 N–H and O–H groups in total. The second kappa shape index (κ2) is 4.56. The maximum Gasteiger partial charge on any atom is 0.123 e. The van der Waals surface area contributed by atoms with E-state index >= 15 is 0 Å². The van der Waals surface area contributed by atoms with E-state index < -0.39 is 8.24 Å². The third kappa shape index (κ3) is 2.13. The fraction of sp³-hybridized carbons (Fsp3) is 0.429. The summed E-state index contributed by atoms with van der Waals surface area (Å²) in [4.78, 5) is 0. The lowest BCUT2D eigenvalue weighted by atomic mass is 10.1. The van der Waals surface area contributed by atoms with Crippen molar-refractivity contribution >= 4 is 8.24 Å². The first-order valence-electron chi connectivity index (χ1n) is 6.09. The normalized spacial score (nSPS) is 21.9. The number of benzene rings is 1. The summed E-state index contributed by atoms with van der Waals surface area (Å²) < 4.78 is 2.70. The van der Waals surface area contributed by atoms with Crippen molar-refractivity contribution < 1.29 is 0 Å². The monoisotopic (exact) mass is 231 g/mol. The molecule has 1 unspecified atom stereocenters. The third-order valence-corrected chi connectivity index (χ3v) is 7.30. The number of rotatable bonds is 3. The Morgan fingerprint density at radius 1 is 1.31 bits per heavy atom. The molecule has 2 rings (SSSR count). The minimum Gasteiger partial charge on any atom is -0.314 e. The Balaban J connectivity index is 2.27. The van der Waals surface area contributed by atoms with E-state index in [2.05, 4.69) is 60.6 Å². The molecular weight excluding hydrogens is 210 g/mol. The van der Waals surface area contributed by atoms with Crippen molar-refractivity contribution in [2.75, 3.05) is 6.54 Å². The van der Waals surface area contributed by atoms with Crippen LogP contribution in [-0.2, 0) is 0 Å². The van der Waals surface area contributed by atoms with Crippen LogP contribution in [0.3, 0.4) is 0 Å². The molecule has 1 aliphatic heterocycles. The van der Waals surface area contributed by atoms with Crippen LogP contribution in [0.15, 0.2) is 43.0 Å². The standard InChI is InChI=1S/C14H21NSi/c1-4-14(13-9-6-5-7-10-13)15-11-8-12-16(15,2)3/h4-7,9-10,14H,1,8,11-12H2,2-3H3. The highest BCUT2D eigenvalue weighted by Gasteiger charge is 2.37. The fourth-order valence-corrected chi connectivity index (χ4v) is 5.82. The summed E-state index contributed by atoms with van der Waals surface area (Å²) in [6, 6.07) is 12.6. The van der Waals surface area contributed by atoms with E-state index in [1.807, 2.05) is 0 Å². The van der Waals surface area contributed by atoms with Crippen molar-refractivity contribution in [2.24, 2.45) is 0 Å². The predicted octanol–water partition coefficient (Wildman–Crippen LogP) is 3.82. The molecule has 0 spiro atoms. The summed E-state index contributed by atoms with van der Waals surface area (Å²) in [5.41, 5.74) is 1.39. The van der Waals surface area contributed by atoms with Gasteiger partial charge in [0, 0.05) is 6.04 Å². The topological polar surface area (TPSA) is 3.24 Å². The van der Waals surface area contributed by atoms with Crippen molar-refractivity contribution in [1.82, 2.24) is 4.57 Å². The van der Waals surface area contributed by atoms with Gasteiger partial charge in [-0.15, -0.1) is 6.58 Å². The van der Waals surface area contributed by atoms with Crippen LogP contribution in [0.1, 0.15) is 18.0 Å². The molecular formula is C14H21NSi. The van der Waals surface area contributed by atoms with Crippen LogP contribution < -0.4 is 0 Å². The van der Waals surface area contributed by atoms with Crippen molar-refractivity contribution in [3.05, 3.63) is 48.6 Å². The van der Waals surface area contributed by atoms with Gasteiger partial charge in [-0.3, -0.25) is 0 Å². The lowest BCUT2D eigenvalue weighted by molar-refractivity contribution is 0.400. The van der Waals surface area contributed by atoms with Crippen molar-refractivity contribution in [1.29, 1.82) is 0 Å². The molecule has 0 bridgehead atoms. The second-order valence-corrected chi connectivity index (χ2v) is 9.90. The molecule has 1 heterocycles. The highest BCUT2D eigenvalue weighted by atomic mass is 28.3. The smallest absolute Gasteiger partial charge is 0.123 e. The van der Waals surface area contributed by atoms with Crippen LogP contribution in [0.5, 0.6) is 0 Å². The van der Waals surface area contributed by atoms with Crippen LogP contribution in [-0.4, -0.2) is 19.3 Å². The minimum absolute atomic E-state index is 0.422. The molecule has 1 saturated heterocycles. The zero-order chi connectivity index (χ0) is 11.6. The Kier molecular flexibility index (Phi) is 3.31. The molecule has 0 saturated carbocycles. The van der Waals surface area contributed by atoms with Crippen molar-refractivity contribution in [3.8, 4) is 0 Å². The zero-order valence-electron chi connectivity index (χ0n) is 10.3. The van der Waals surface area contributed by atoms with E-state index in [1.165, 1.54) is 24.6 Å². The minimum atomic E-state index is -1.17. The van der Waals surface area contributed by atoms with Gasteiger partial charge in [-0.1, -0.05) is 49.5 Å². The van der Waals surface area contributed by atoms with E-state index in [0.717, 1.165) is 0 Å². The zero-order valence-corrected chi connectivity index (χ0v) is 11.3. The van der Waals surface area contributed by atoms with Gasteiger partial charge in [-0.25, -0.2) is 0 Å². The van der Waals surface area contributed by atoms with Crippen LogP contribution in [0.4, 0.5) is 0 Å². The van der Waals surface area contributed by atoms with Crippen molar-refractivity contribution in [2.45, 2.75) is 31.6 Å². The van der Waals surface area contributed by atoms with E-state index in [4.69, 9.17) is 0 Å². The number of hydrogen-bond donors (Lipinski definition) is 0. The maximum absolute atomic E-state index is 4.03. The summed E-state index contributed by atoms with van der Waals surface area (Å²) in [5, 5.41) is 0. The van der Waals surface area contributed by atoms with E-state index in [9.17, 15) is 0 Å². The Bertz CT molecular complexity index is 358. The summed E-state index contributed by atoms with van der Waals surface area (Å²) in [7, 11) is -1.17. The number of nitrogens with zero attached hydrogens (tertiary/aromatic N) is 1. The lowest BCUT2D eigenvalue weighted by Gasteiger charge is -2.36. The fourth-order valence-electron chi connectivity index (χ4n) is 2.74. The molecule has 86 valence electrons. The second-order valence-electron chi connectivity index (χ2n) is 5.20. The van der Waals surface area contributed by atoms with Gasteiger partial charge in [0.2, 0.25) is 0 Å². The van der Waals surface area contributed by atoms with Gasteiger partial charge >= 0.3 is 0 Å². The molecule has 0 aromatic heterocycles. The van der Waals surface area contributed by atoms with Gasteiger partial charge in [0.1, 0.15) is 8.24 Å². The molecule has 1 fully saturated rings. The molecule has 1 aromatic rings. The highest BCUT2D eigenvalue weighted by Crippen LogP contribution is 2.34. The van der Waals surface area contributed by atoms with Gasteiger partial charge in [-0.05, 0) is 24.6 Å². The Morgan fingerprint density at radius 2 is 2.00 bits per heavy atom. The molecule has 16 heavy (non-hydrogen) atoms. The van der Waals surface area contributed by atoms with Gasteiger partial charge in [-0.2, -0.15) is 0 Å². The van der Waals surface area contributed by atoms with E-state index in [0.29, 0.717) is 6.04 Å². The van der Waals surface area contributed by atoms with Crippen LogP contribution >= 0.6 is 0 Å². The first-order valence-corrected chi connectivity index (χ1v) is 9.25. The molecule has 1 aliphatic rings. The van der Waals surface area contributed by atoms with Crippen LogP contribution in [0, 0.1) is 0 Å². The molecule has 1 aromatic carbocycles. The van der Waals surface area contributed by atoms with Crippen molar-refractivity contribution in [3.63, 3.8) is 0 Å². The van der Waals surface area contributed by atoms with Gasteiger partial charge in [0.15, 0.2) is 0 Å². The first kappa shape index (κ1) is 11.6. The largest absolute Gasteiger partial charge is 0.314 e. The number of hydrogen-bond acceptors (Lipinski definition) is 1. The summed E-state index contributed by atoms with van der Waals surface area (Å²) >= 11 is 0. The lowest BCUT2D eigenvalue weighted by Crippen LogP contribution is -2.44. The third-order valence-electron chi connectivity index (χ3n) is 3.67. The molecule has 2 heteroatoms. The Hall–Kier alpha value is -0.863. The summed E-state index contributed by atoms with van der Waals surface area (Å²) in [6.07, 6.45) is 3.46. The van der Waals surface area contributed by atoms with Crippen LogP contribution in [0.25, 0.3) is 0 Å². The highest BCUT2D eigenvalue weighted by molar-refractivity contribution is 6.75. The molecule has 0 amide bonds. The van der Waals surface area contributed by atoms with Crippen LogP contribution in [0.2, 0.25) is 19.1 Å². The summed E-state index contributed by atoms with van der Waals surface area (Å²) in [6.45, 7) is 10.2. The average Bonchev–Trinajstić information content (AvgIpc) is 2.62. The maximum atomic E-state index is 4.03. The molecule has 0 radical (unpaired) electrons. The summed E-state index contributed by atoms with van der Waals surface area (Å²) in [5.74, 6) is 0. The van der Waals surface area contributed by atoms with Gasteiger partial charge in [0.05, 0.1) is 0 Å². The predicted molar refractivity (Wildman–Crippen MR) is 73.0 cm³/mol. The Morgan fingerprint density at radius 3 is 2.50 bits per heavy atom. The Labute approximate surface area is 99.9 Å². The average molecular weight is 231 g/mol. The van der Waals surface area contributed by atoms with Gasteiger partial charge in [0.25, 0.3) is 0 Å². The molecule has 0 aliphatic carbocycles. The van der Waals surface area contributed by atoms with E-state index in [1.54, 1.807) is 0 Å². The van der Waals surface area contributed by atoms with E-state index in [-0.39, 0.29) is 0 Å².